The number of carbonyl (C=O) groups is 2. The normalized spacial score (nSPS) is 16.1. The first-order valence-corrected chi connectivity index (χ1v) is 13.6. The van der Waals surface area contributed by atoms with Crippen molar-refractivity contribution in [2.24, 2.45) is 11.7 Å². The second kappa shape index (κ2) is 16.4. The average Bonchev–Trinajstić information content (AvgIpc) is 2.82. The van der Waals surface area contributed by atoms with Gasteiger partial charge in [-0.3, -0.25) is 9.69 Å². The van der Waals surface area contributed by atoms with Crippen molar-refractivity contribution in [1.82, 2.24) is 15.5 Å². The zero-order valence-corrected chi connectivity index (χ0v) is 22.1. The van der Waals surface area contributed by atoms with Crippen LogP contribution >= 0.6 is 24.4 Å². The van der Waals surface area contributed by atoms with Gasteiger partial charge in [0.1, 0.15) is 6.04 Å². The first-order chi connectivity index (χ1) is 15.7. The summed E-state index contributed by atoms with van der Waals surface area (Å²) >= 11 is 5.84. The minimum atomic E-state index is -1.00. The molecule has 1 rings (SSSR count). The lowest BCUT2D eigenvalue weighted by Gasteiger charge is -2.34. The van der Waals surface area contributed by atoms with Crippen molar-refractivity contribution in [2.45, 2.75) is 57.3 Å². The summed E-state index contributed by atoms with van der Waals surface area (Å²) in [4.78, 5) is 27.1. The largest absolute Gasteiger partial charge is 0.480 e. The van der Waals surface area contributed by atoms with Gasteiger partial charge in [0.05, 0.1) is 6.04 Å². The van der Waals surface area contributed by atoms with Crippen LogP contribution in [-0.2, 0) is 16.0 Å². The Bertz CT molecular complexity index is 696. The number of hydrogen-bond acceptors (Lipinski definition) is 7. The van der Waals surface area contributed by atoms with Crippen LogP contribution in [0, 0.1) is 5.92 Å². The highest BCUT2D eigenvalue weighted by Crippen LogP contribution is 2.14. The van der Waals surface area contributed by atoms with Gasteiger partial charge in [-0.15, -0.1) is 0 Å². The molecule has 1 aromatic carbocycles. The molecule has 7 nitrogen and oxygen atoms in total. The van der Waals surface area contributed by atoms with Crippen LogP contribution in [0.5, 0.6) is 0 Å². The van der Waals surface area contributed by atoms with Crippen molar-refractivity contribution in [3.63, 3.8) is 0 Å². The summed E-state index contributed by atoms with van der Waals surface area (Å²) in [5.41, 5.74) is 7.09. The number of hydrogen-bond donors (Lipinski definition) is 5. The zero-order valence-electron chi connectivity index (χ0n) is 20.4. The Labute approximate surface area is 209 Å². The number of amides is 1. The Kier molecular flexibility index (Phi) is 14.8. The number of carbonyl (C=O) groups excluding carboxylic acids is 1. The molecule has 0 spiro atoms. The Balaban J connectivity index is 3.04. The third kappa shape index (κ3) is 11.1. The van der Waals surface area contributed by atoms with E-state index in [4.69, 9.17) is 5.73 Å². The van der Waals surface area contributed by atoms with E-state index in [1.54, 1.807) is 11.8 Å². The van der Waals surface area contributed by atoms with Gasteiger partial charge in [-0.05, 0) is 43.4 Å². The summed E-state index contributed by atoms with van der Waals surface area (Å²) < 4.78 is 0. The molecule has 4 unspecified atom stereocenters. The number of carboxylic acid groups (broad SMARTS) is 1. The molecule has 0 saturated carbocycles. The molecule has 1 aromatic rings. The van der Waals surface area contributed by atoms with Crippen LogP contribution in [0.2, 0.25) is 0 Å². The van der Waals surface area contributed by atoms with Gasteiger partial charge >= 0.3 is 5.97 Å². The maximum absolute atomic E-state index is 13.3. The van der Waals surface area contributed by atoms with Gasteiger partial charge < -0.3 is 21.5 Å². The summed E-state index contributed by atoms with van der Waals surface area (Å²) in [5, 5.41) is 15.9. The second-order valence-corrected chi connectivity index (χ2v) is 10.0. The van der Waals surface area contributed by atoms with E-state index in [1.165, 1.54) is 0 Å². The van der Waals surface area contributed by atoms with E-state index in [9.17, 15) is 14.7 Å². The van der Waals surface area contributed by atoms with Crippen LogP contribution in [0.3, 0.4) is 0 Å². The molecule has 0 bridgehead atoms. The second-order valence-electron chi connectivity index (χ2n) is 8.67. The molecule has 5 atom stereocenters. The SMILES string of the molecule is CCC(C)C(CN(C)C(Cc1ccccc1)C(=O)NC(CCSC)C(=O)O)NC[C@H](N)CS. The van der Waals surface area contributed by atoms with Crippen LogP contribution < -0.4 is 16.4 Å². The Morgan fingerprint density at radius 3 is 2.48 bits per heavy atom. The number of likely N-dealkylation sites (N-methyl/N-ethyl adjacent to an activating group) is 1. The molecule has 0 fully saturated rings. The first-order valence-electron chi connectivity index (χ1n) is 11.6. The van der Waals surface area contributed by atoms with Crippen molar-refractivity contribution in [2.75, 3.05) is 37.9 Å². The van der Waals surface area contributed by atoms with Gasteiger partial charge in [-0.25, -0.2) is 4.79 Å². The van der Waals surface area contributed by atoms with Crippen molar-refractivity contribution in [3.8, 4) is 0 Å². The predicted octanol–water partition coefficient (Wildman–Crippen LogP) is 2.11. The van der Waals surface area contributed by atoms with Crippen molar-refractivity contribution in [3.05, 3.63) is 35.9 Å². The molecule has 0 aliphatic rings. The quantitative estimate of drug-likeness (QED) is 0.209. The van der Waals surface area contributed by atoms with Gasteiger partial charge in [-0.1, -0.05) is 50.6 Å². The molecular weight excluding hydrogens is 456 g/mol. The van der Waals surface area contributed by atoms with E-state index in [1.807, 2.05) is 48.5 Å². The number of thioether (sulfide) groups is 1. The first kappa shape index (κ1) is 29.8. The van der Waals surface area contributed by atoms with Crippen LogP contribution in [-0.4, -0.2) is 83.9 Å². The van der Waals surface area contributed by atoms with Gasteiger partial charge in [0.2, 0.25) is 5.91 Å². The number of aliphatic carboxylic acids is 1. The molecule has 0 radical (unpaired) electrons. The molecule has 0 aromatic heterocycles. The number of nitrogens with one attached hydrogen (secondary N) is 2. The summed E-state index contributed by atoms with van der Waals surface area (Å²) in [6.07, 6.45) is 3.81. The number of carboxylic acids is 1. The molecule has 9 heteroatoms. The molecule has 33 heavy (non-hydrogen) atoms. The van der Waals surface area contributed by atoms with Crippen LogP contribution in [0.15, 0.2) is 30.3 Å². The van der Waals surface area contributed by atoms with Crippen molar-refractivity contribution < 1.29 is 14.7 Å². The van der Waals surface area contributed by atoms with Gasteiger partial charge in [0, 0.05) is 30.9 Å². The third-order valence-electron chi connectivity index (χ3n) is 6.02. The maximum atomic E-state index is 13.3. The fourth-order valence-corrected chi connectivity index (χ4v) is 4.18. The lowest BCUT2D eigenvalue weighted by molar-refractivity contribution is -0.142. The summed E-state index contributed by atoms with van der Waals surface area (Å²) in [6.45, 7) is 5.63. The van der Waals surface area contributed by atoms with E-state index in [0.29, 0.717) is 43.4 Å². The fourth-order valence-electron chi connectivity index (χ4n) is 3.58. The van der Waals surface area contributed by atoms with Crippen molar-refractivity contribution >= 4 is 36.3 Å². The van der Waals surface area contributed by atoms with Gasteiger partial charge in [0.25, 0.3) is 0 Å². The molecule has 188 valence electrons. The maximum Gasteiger partial charge on any atom is 0.326 e. The summed E-state index contributed by atoms with van der Waals surface area (Å²) in [7, 11) is 1.93. The minimum Gasteiger partial charge on any atom is -0.480 e. The third-order valence-corrected chi connectivity index (χ3v) is 7.14. The molecule has 5 N–H and O–H groups in total. The van der Waals surface area contributed by atoms with Crippen LogP contribution in [0.4, 0.5) is 0 Å². The smallest absolute Gasteiger partial charge is 0.326 e. The number of rotatable bonds is 17. The van der Waals surface area contributed by atoms with E-state index in [2.05, 4.69) is 37.1 Å². The van der Waals surface area contributed by atoms with Crippen LogP contribution in [0.1, 0.15) is 32.3 Å². The van der Waals surface area contributed by atoms with E-state index < -0.39 is 18.1 Å². The Hall–Kier alpha value is -1.26. The Morgan fingerprint density at radius 1 is 1.27 bits per heavy atom. The van der Waals surface area contributed by atoms with E-state index >= 15 is 0 Å². The predicted molar refractivity (Wildman–Crippen MR) is 142 cm³/mol. The van der Waals surface area contributed by atoms with E-state index in [-0.39, 0.29) is 18.0 Å². The molecule has 0 aliphatic heterocycles. The number of nitrogens with zero attached hydrogens (tertiary/aromatic N) is 1. The minimum absolute atomic E-state index is 0.0404. The zero-order chi connectivity index (χ0) is 24.8. The molecular formula is C24H42N4O3S2. The number of thiol groups is 1. The van der Waals surface area contributed by atoms with E-state index in [0.717, 1.165) is 12.0 Å². The average molecular weight is 499 g/mol. The Morgan fingerprint density at radius 2 is 1.94 bits per heavy atom. The van der Waals surface area contributed by atoms with Gasteiger partial charge in [-0.2, -0.15) is 24.4 Å². The molecule has 0 heterocycles. The number of benzene rings is 1. The lowest BCUT2D eigenvalue weighted by atomic mass is 9.96. The monoisotopic (exact) mass is 498 g/mol. The molecule has 0 saturated heterocycles. The standard InChI is InChI=1S/C24H42N4O3S2/c1-5-17(2)21(26-14-19(25)16-32)15-28(3)22(13-18-9-7-6-8-10-18)23(29)27-20(24(30)31)11-12-33-4/h6-10,17,19-22,26,32H,5,11-16,25H2,1-4H3,(H,27,29)(H,30,31)/t17?,19-,20?,21?,22?/m0/s1. The van der Waals surface area contributed by atoms with Crippen molar-refractivity contribution in [1.29, 1.82) is 0 Å². The molecule has 1 amide bonds. The lowest BCUT2D eigenvalue weighted by Crippen LogP contribution is -2.55. The fraction of sp³-hybridized carbons (Fsp3) is 0.667. The topological polar surface area (TPSA) is 108 Å². The molecule has 0 aliphatic carbocycles. The van der Waals surface area contributed by atoms with Crippen LogP contribution in [0.25, 0.3) is 0 Å². The number of nitrogens with two attached hydrogens (primary N) is 1. The highest BCUT2D eigenvalue weighted by atomic mass is 32.2. The highest BCUT2D eigenvalue weighted by Gasteiger charge is 2.30. The highest BCUT2D eigenvalue weighted by molar-refractivity contribution is 7.98. The summed E-state index contributed by atoms with van der Waals surface area (Å²) in [5.74, 6) is 0.389. The van der Waals surface area contributed by atoms with Gasteiger partial charge in [0.15, 0.2) is 0 Å². The summed E-state index contributed by atoms with van der Waals surface area (Å²) in [6, 6.07) is 8.54.